The Hall–Kier alpha value is -3.22. The highest BCUT2D eigenvalue weighted by Gasteiger charge is 2.19. The SMILES string of the molecule is CC(C)C(N)c1ncc(-c2ccc3c(c2)CCc2cc(-c4cnc(CN)[nH]4)ccc2-3)[nH]1. The van der Waals surface area contributed by atoms with Gasteiger partial charge in [0.05, 0.1) is 36.4 Å². The van der Waals surface area contributed by atoms with E-state index >= 15 is 0 Å². The fourth-order valence-electron chi connectivity index (χ4n) is 4.31. The molecule has 2 aromatic heterocycles. The number of hydrogen-bond acceptors (Lipinski definition) is 4. The third-order valence-electron chi connectivity index (χ3n) is 6.24. The molecule has 5 rings (SSSR count). The van der Waals surface area contributed by atoms with Crippen molar-refractivity contribution in [2.75, 3.05) is 0 Å². The first-order chi connectivity index (χ1) is 15.0. The van der Waals surface area contributed by atoms with Gasteiger partial charge in [-0.2, -0.15) is 0 Å². The number of fused-ring (bicyclic) bond motifs is 3. The Morgan fingerprint density at radius 3 is 2.00 bits per heavy atom. The lowest BCUT2D eigenvalue weighted by atomic mass is 9.83. The molecule has 1 aliphatic carbocycles. The molecule has 158 valence electrons. The van der Waals surface area contributed by atoms with Crippen molar-refractivity contribution in [1.29, 1.82) is 0 Å². The van der Waals surface area contributed by atoms with Crippen LogP contribution in [-0.4, -0.2) is 19.9 Å². The van der Waals surface area contributed by atoms with Crippen LogP contribution in [0, 0.1) is 5.92 Å². The van der Waals surface area contributed by atoms with Crippen molar-refractivity contribution in [3.05, 3.63) is 71.6 Å². The summed E-state index contributed by atoms with van der Waals surface area (Å²) in [6.45, 7) is 4.64. The zero-order chi connectivity index (χ0) is 21.5. The molecular formula is C25H28N6. The van der Waals surface area contributed by atoms with Crippen LogP contribution in [0.2, 0.25) is 0 Å². The Kier molecular flexibility index (Phi) is 4.96. The summed E-state index contributed by atoms with van der Waals surface area (Å²) >= 11 is 0. The van der Waals surface area contributed by atoms with Gasteiger partial charge in [-0.1, -0.05) is 38.1 Å². The third-order valence-corrected chi connectivity index (χ3v) is 6.24. The summed E-state index contributed by atoms with van der Waals surface area (Å²) in [5, 5.41) is 0. The van der Waals surface area contributed by atoms with E-state index in [1.165, 1.54) is 22.3 Å². The van der Waals surface area contributed by atoms with Crippen molar-refractivity contribution < 1.29 is 0 Å². The van der Waals surface area contributed by atoms with E-state index in [0.29, 0.717) is 12.5 Å². The number of imidazole rings is 2. The molecule has 0 bridgehead atoms. The van der Waals surface area contributed by atoms with Crippen LogP contribution in [0.15, 0.2) is 48.8 Å². The molecule has 1 aliphatic rings. The van der Waals surface area contributed by atoms with Gasteiger partial charge in [0.1, 0.15) is 11.6 Å². The molecule has 0 saturated carbocycles. The van der Waals surface area contributed by atoms with Crippen molar-refractivity contribution in [2.24, 2.45) is 17.4 Å². The number of nitrogens with one attached hydrogen (secondary N) is 2. The molecule has 2 heterocycles. The number of benzene rings is 2. The monoisotopic (exact) mass is 412 g/mol. The molecule has 6 heteroatoms. The molecular weight excluding hydrogens is 384 g/mol. The van der Waals surface area contributed by atoms with Gasteiger partial charge in [-0.15, -0.1) is 0 Å². The molecule has 0 saturated heterocycles. The Labute approximate surface area is 182 Å². The van der Waals surface area contributed by atoms with E-state index in [1.807, 2.05) is 12.4 Å². The van der Waals surface area contributed by atoms with E-state index in [2.05, 4.69) is 70.2 Å². The number of H-pyrrole nitrogens is 2. The van der Waals surface area contributed by atoms with Crippen LogP contribution in [0.4, 0.5) is 0 Å². The summed E-state index contributed by atoms with van der Waals surface area (Å²) in [5.41, 5.74) is 21.6. The van der Waals surface area contributed by atoms with Gasteiger partial charge in [0, 0.05) is 0 Å². The standard InChI is InChI=1S/C25H28N6/c1-14(2)24(27)25-29-13-22(31-25)18-6-8-20-16(10-18)4-3-15-9-17(5-7-19(15)20)21-12-28-23(11-26)30-21/h5-10,12-14,24H,3-4,11,26-27H2,1-2H3,(H,28,30)(H,29,31). The maximum atomic E-state index is 6.25. The highest BCUT2D eigenvalue weighted by Crippen LogP contribution is 2.37. The van der Waals surface area contributed by atoms with Crippen LogP contribution >= 0.6 is 0 Å². The van der Waals surface area contributed by atoms with Crippen molar-refractivity contribution in [1.82, 2.24) is 19.9 Å². The maximum absolute atomic E-state index is 6.25. The van der Waals surface area contributed by atoms with Crippen LogP contribution in [0.5, 0.6) is 0 Å². The topological polar surface area (TPSA) is 109 Å². The first-order valence-corrected chi connectivity index (χ1v) is 10.8. The number of hydrogen-bond donors (Lipinski definition) is 4. The lowest BCUT2D eigenvalue weighted by Gasteiger charge is -2.21. The van der Waals surface area contributed by atoms with E-state index in [1.54, 1.807) is 0 Å². The zero-order valence-electron chi connectivity index (χ0n) is 17.9. The number of nitrogens with two attached hydrogens (primary N) is 2. The largest absolute Gasteiger partial charge is 0.341 e. The van der Waals surface area contributed by atoms with Gasteiger partial charge in [0.25, 0.3) is 0 Å². The van der Waals surface area contributed by atoms with E-state index < -0.39 is 0 Å². The number of aryl methyl sites for hydroxylation is 2. The normalized spacial score (nSPS) is 13.8. The second-order valence-electron chi connectivity index (χ2n) is 8.64. The second kappa shape index (κ2) is 7.80. The fraction of sp³-hybridized carbons (Fsp3) is 0.280. The molecule has 6 N–H and O–H groups in total. The van der Waals surface area contributed by atoms with E-state index in [9.17, 15) is 0 Å². The molecule has 4 aromatic rings. The third kappa shape index (κ3) is 3.58. The Bertz CT molecular complexity index is 1230. The quantitative estimate of drug-likeness (QED) is 0.391. The second-order valence-corrected chi connectivity index (χ2v) is 8.64. The molecule has 1 unspecified atom stereocenters. The highest BCUT2D eigenvalue weighted by molar-refractivity contribution is 5.79. The van der Waals surface area contributed by atoms with Gasteiger partial charge in [0.2, 0.25) is 0 Å². The van der Waals surface area contributed by atoms with E-state index in [-0.39, 0.29) is 6.04 Å². The first kappa shape index (κ1) is 19.7. The van der Waals surface area contributed by atoms with Crippen molar-refractivity contribution in [2.45, 2.75) is 39.3 Å². The minimum atomic E-state index is -0.0803. The zero-order valence-corrected chi connectivity index (χ0v) is 17.9. The van der Waals surface area contributed by atoms with Crippen molar-refractivity contribution in [3.63, 3.8) is 0 Å². The minimum Gasteiger partial charge on any atom is -0.341 e. The van der Waals surface area contributed by atoms with Gasteiger partial charge in [0.15, 0.2) is 0 Å². The van der Waals surface area contributed by atoms with Crippen LogP contribution in [0.25, 0.3) is 33.6 Å². The lowest BCUT2D eigenvalue weighted by molar-refractivity contribution is 0.494. The number of aromatic nitrogens is 4. The molecule has 0 radical (unpaired) electrons. The van der Waals surface area contributed by atoms with Crippen LogP contribution in [0.1, 0.15) is 42.7 Å². The number of aromatic amines is 2. The minimum absolute atomic E-state index is 0.0803. The van der Waals surface area contributed by atoms with Crippen LogP contribution < -0.4 is 11.5 Å². The summed E-state index contributed by atoms with van der Waals surface area (Å²) in [5.74, 6) is 1.99. The molecule has 2 aromatic carbocycles. The highest BCUT2D eigenvalue weighted by atomic mass is 15.0. The Morgan fingerprint density at radius 1 is 0.871 bits per heavy atom. The lowest BCUT2D eigenvalue weighted by Crippen LogP contribution is -2.18. The van der Waals surface area contributed by atoms with Gasteiger partial charge in [-0.3, -0.25) is 0 Å². The van der Waals surface area contributed by atoms with E-state index in [0.717, 1.165) is 47.0 Å². The molecule has 31 heavy (non-hydrogen) atoms. The van der Waals surface area contributed by atoms with Gasteiger partial charge in [-0.05, 0) is 64.3 Å². The average molecular weight is 413 g/mol. The molecule has 6 nitrogen and oxygen atoms in total. The summed E-state index contributed by atoms with van der Waals surface area (Å²) in [4.78, 5) is 15.5. The molecule has 0 aliphatic heterocycles. The number of rotatable bonds is 5. The summed E-state index contributed by atoms with van der Waals surface area (Å²) < 4.78 is 0. The van der Waals surface area contributed by atoms with Gasteiger partial charge >= 0.3 is 0 Å². The fourth-order valence-corrected chi connectivity index (χ4v) is 4.31. The summed E-state index contributed by atoms with van der Waals surface area (Å²) in [6, 6.07) is 13.3. The Balaban J connectivity index is 1.45. The predicted octanol–water partition coefficient (Wildman–Crippen LogP) is 4.35. The average Bonchev–Trinajstić information content (AvgIpc) is 3.47. The molecule has 0 fully saturated rings. The predicted molar refractivity (Wildman–Crippen MR) is 124 cm³/mol. The van der Waals surface area contributed by atoms with Crippen molar-refractivity contribution >= 4 is 0 Å². The number of nitrogens with zero attached hydrogens (tertiary/aromatic N) is 2. The van der Waals surface area contributed by atoms with E-state index in [4.69, 9.17) is 11.5 Å². The molecule has 1 atom stereocenters. The van der Waals surface area contributed by atoms with Crippen molar-refractivity contribution in [3.8, 4) is 33.6 Å². The summed E-state index contributed by atoms with van der Waals surface area (Å²) in [7, 11) is 0. The molecule has 0 spiro atoms. The van der Waals surface area contributed by atoms with Gasteiger partial charge in [-0.25, -0.2) is 9.97 Å². The molecule has 0 amide bonds. The first-order valence-electron chi connectivity index (χ1n) is 10.8. The van der Waals surface area contributed by atoms with Crippen LogP contribution in [0.3, 0.4) is 0 Å². The Morgan fingerprint density at radius 2 is 1.45 bits per heavy atom. The summed E-state index contributed by atoms with van der Waals surface area (Å²) in [6.07, 6.45) is 5.78. The van der Waals surface area contributed by atoms with Gasteiger partial charge < -0.3 is 21.4 Å². The maximum Gasteiger partial charge on any atom is 0.123 e. The smallest absolute Gasteiger partial charge is 0.123 e. The van der Waals surface area contributed by atoms with Crippen LogP contribution in [-0.2, 0) is 19.4 Å².